The molecule has 2 rings (SSSR count). The minimum Gasteiger partial charge on any atom is -0.465 e. The van der Waals surface area contributed by atoms with Crippen LogP contribution < -0.4 is 4.90 Å². The quantitative estimate of drug-likeness (QED) is 0.669. The molecule has 7 nitrogen and oxygen atoms in total. The van der Waals surface area contributed by atoms with Crippen molar-refractivity contribution in [1.82, 2.24) is 0 Å². The van der Waals surface area contributed by atoms with Gasteiger partial charge in [-0.1, -0.05) is 17.7 Å². The lowest BCUT2D eigenvalue weighted by atomic mass is 10.1. The Labute approximate surface area is 168 Å². The first-order valence-corrected chi connectivity index (χ1v) is 10.2. The zero-order chi connectivity index (χ0) is 21.1. The highest BCUT2D eigenvalue weighted by Gasteiger charge is 2.29. The van der Waals surface area contributed by atoms with Crippen LogP contribution in [0.5, 0.6) is 0 Å². The second kappa shape index (κ2) is 8.62. The molecule has 0 N–H and O–H groups in total. The normalized spacial score (nSPS) is 14.3. The zero-order valence-electron chi connectivity index (χ0n) is 15.8. The molecule has 150 valence electrons. The van der Waals surface area contributed by atoms with E-state index in [0.717, 1.165) is 0 Å². The second-order valence-corrected chi connectivity index (χ2v) is 8.93. The van der Waals surface area contributed by atoms with Crippen LogP contribution in [0.3, 0.4) is 0 Å². The number of benzene rings is 1. The third kappa shape index (κ3) is 4.13. The summed E-state index contributed by atoms with van der Waals surface area (Å²) in [5.74, 6) is -1.57. The molecule has 0 aliphatic carbocycles. The van der Waals surface area contributed by atoms with E-state index >= 15 is 0 Å². The topological polar surface area (TPSA) is 90.0 Å². The molecular weight excluding hydrogens is 406 g/mol. The van der Waals surface area contributed by atoms with Gasteiger partial charge in [0.15, 0.2) is 9.84 Å². The van der Waals surface area contributed by atoms with Gasteiger partial charge in [0.05, 0.1) is 40.6 Å². The highest BCUT2D eigenvalue weighted by Crippen LogP contribution is 2.34. The van der Waals surface area contributed by atoms with Crippen molar-refractivity contribution in [3.63, 3.8) is 0 Å². The lowest BCUT2D eigenvalue weighted by Gasteiger charge is -2.24. The first-order valence-electron chi connectivity index (χ1n) is 8.23. The fraction of sp³-hybridized carbons (Fsp3) is 0.263. The van der Waals surface area contributed by atoms with Gasteiger partial charge in [0.2, 0.25) is 0 Å². The zero-order valence-corrected chi connectivity index (χ0v) is 17.4. The van der Waals surface area contributed by atoms with Crippen LogP contribution in [0.25, 0.3) is 0 Å². The Morgan fingerprint density at radius 2 is 1.71 bits per heavy atom. The average Bonchev–Trinajstić information content (AvgIpc) is 2.89. The van der Waals surface area contributed by atoms with Crippen molar-refractivity contribution >= 4 is 39.1 Å². The van der Waals surface area contributed by atoms with E-state index in [1.165, 1.54) is 55.7 Å². The number of halogens is 1. The number of esters is 2. The third-order valence-electron chi connectivity index (χ3n) is 4.02. The van der Waals surface area contributed by atoms with Crippen LogP contribution >= 0.6 is 11.6 Å². The molecule has 0 aromatic heterocycles. The number of rotatable bonds is 5. The summed E-state index contributed by atoms with van der Waals surface area (Å²) < 4.78 is 34.7. The molecule has 1 aliphatic rings. The number of ether oxygens (including phenoxy) is 2. The summed E-state index contributed by atoms with van der Waals surface area (Å²) in [5, 5.41) is -0.469. The van der Waals surface area contributed by atoms with Gasteiger partial charge in [-0.2, -0.15) is 0 Å². The average molecular weight is 426 g/mol. The van der Waals surface area contributed by atoms with E-state index in [0.29, 0.717) is 0 Å². The SMILES string of the molecule is COC(=O)C1=C(C(=O)OC)N(c2cc(S(=O)(=O)C(C)C)ccc2Cl)C=CC=C1. The molecule has 0 spiro atoms. The second-order valence-electron chi connectivity index (χ2n) is 6.02. The fourth-order valence-corrected chi connectivity index (χ4v) is 3.76. The van der Waals surface area contributed by atoms with Gasteiger partial charge in [-0.25, -0.2) is 18.0 Å². The molecule has 0 saturated heterocycles. The highest BCUT2D eigenvalue weighted by atomic mass is 35.5. The maximum Gasteiger partial charge on any atom is 0.355 e. The number of carbonyl (C=O) groups excluding carboxylic acids is 2. The molecule has 0 amide bonds. The monoisotopic (exact) mass is 425 g/mol. The first kappa shape index (κ1) is 21.7. The van der Waals surface area contributed by atoms with Gasteiger partial charge < -0.3 is 14.4 Å². The molecule has 0 fully saturated rings. The Kier molecular flexibility index (Phi) is 6.69. The summed E-state index contributed by atoms with van der Waals surface area (Å²) in [7, 11) is -1.24. The third-order valence-corrected chi connectivity index (χ3v) is 6.49. The van der Waals surface area contributed by atoms with Crippen LogP contribution in [-0.2, 0) is 28.9 Å². The lowest BCUT2D eigenvalue weighted by Crippen LogP contribution is -2.27. The summed E-state index contributed by atoms with van der Waals surface area (Å²) >= 11 is 6.31. The Hall–Kier alpha value is -2.58. The molecule has 0 bridgehead atoms. The van der Waals surface area contributed by atoms with Crippen LogP contribution in [0, 0.1) is 0 Å². The fourth-order valence-electron chi connectivity index (χ4n) is 2.48. The summed E-state index contributed by atoms with van der Waals surface area (Å²) in [4.78, 5) is 26.0. The number of methoxy groups -OCH3 is 2. The maximum absolute atomic E-state index is 12.6. The van der Waals surface area contributed by atoms with Crippen molar-refractivity contribution in [3.8, 4) is 0 Å². The Morgan fingerprint density at radius 3 is 2.29 bits per heavy atom. The Balaban J connectivity index is 2.77. The van der Waals surface area contributed by atoms with Crippen molar-refractivity contribution in [2.24, 2.45) is 0 Å². The molecular formula is C19H20ClNO6S. The molecule has 1 aromatic rings. The Bertz CT molecular complexity index is 992. The number of hydrogen-bond donors (Lipinski definition) is 0. The summed E-state index contributed by atoms with van der Waals surface area (Å²) in [6.45, 7) is 3.13. The van der Waals surface area contributed by atoms with Crippen molar-refractivity contribution in [1.29, 1.82) is 0 Å². The highest BCUT2D eigenvalue weighted by molar-refractivity contribution is 7.92. The molecule has 28 heavy (non-hydrogen) atoms. The van der Waals surface area contributed by atoms with Gasteiger partial charge in [-0.05, 0) is 44.2 Å². The van der Waals surface area contributed by atoms with E-state index in [1.807, 2.05) is 0 Å². The van der Waals surface area contributed by atoms with Crippen LogP contribution in [-0.4, -0.2) is 39.8 Å². The van der Waals surface area contributed by atoms with Gasteiger partial charge in [-0.15, -0.1) is 0 Å². The molecule has 1 aromatic carbocycles. The van der Waals surface area contributed by atoms with E-state index in [-0.39, 0.29) is 26.9 Å². The number of carbonyl (C=O) groups is 2. The smallest absolute Gasteiger partial charge is 0.355 e. The molecule has 9 heteroatoms. The standard InChI is InChI=1S/C19H20ClNO6S/c1-12(2)28(24,25)13-8-9-15(20)16(11-13)21-10-6-5-7-14(18(22)26-3)17(21)19(23)27-4/h5-12H,1-4H3. The summed E-state index contributed by atoms with van der Waals surface area (Å²) in [6.07, 6.45) is 5.99. The number of nitrogens with zero attached hydrogens (tertiary/aromatic N) is 1. The van der Waals surface area contributed by atoms with Crippen molar-refractivity contribution in [3.05, 3.63) is 58.9 Å². The number of anilines is 1. The van der Waals surface area contributed by atoms with Gasteiger partial charge in [0, 0.05) is 6.20 Å². The van der Waals surface area contributed by atoms with E-state index in [9.17, 15) is 18.0 Å². The minimum atomic E-state index is -3.59. The van der Waals surface area contributed by atoms with Crippen molar-refractivity contribution < 1.29 is 27.5 Å². The molecule has 0 atom stereocenters. The summed E-state index contributed by atoms with van der Waals surface area (Å²) in [5.41, 5.74) is -0.0157. The molecule has 0 radical (unpaired) electrons. The van der Waals surface area contributed by atoms with Gasteiger partial charge in [-0.3, -0.25) is 0 Å². The molecule has 1 aliphatic heterocycles. The van der Waals surface area contributed by atoms with Crippen LogP contribution in [0.1, 0.15) is 13.8 Å². The predicted molar refractivity (Wildman–Crippen MR) is 106 cm³/mol. The van der Waals surface area contributed by atoms with Crippen LogP contribution in [0.15, 0.2) is 58.8 Å². The Morgan fingerprint density at radius 1 is 1.07 bits per heavy atom. The van der Waals surface area contributed by atoms with Gasteiger partial charge in [0.25, 0.3) is 0 Å². The molecule has 1 heterocycles. The molecule has 0 saturated carbocycles. The first-order chi connectivity index (χ1) is 13.1. The van der Waals surface area contributed by atoms with E-state index < -0.39 is 27.0 Å². The lowest BCUT2D eigenvalue weighted by molar-refractivity contribution is -0.139. The number of sulfone groups is 1. The summed E-state index contributed by atoms with van der Waals surface area (Å²) in [6, 6.07) is 4.17. The predicted octanol–water partition coefficient (Wildman–Crippen LogP) is 3.01. The van der Waals surface area contributed by atoms with Crippen LogP contribution in [0.4, 0.5) is 5.69 Å². The van der Waals surface area contributed by atoms with Crippen molar-refractivity contribution in [2.45, 2.75) is 24.0 Å². The minimum absolute atomic E-state index is 0.0383. The van der Waals surface area contributed by atoms with E-state index in [1.54, 1.807) is 19.9 Å². The maximum atomic E-state index is 12.6. The largest absolute Gasteiger partial charge is 0.465 e. The van der Waals surface area contributed by atoms with Crippen molar-refractivity contribution in [2.75, 3.05) is 19.1 Å². The van der Waals surface area contributed by atoms with Gasteiger partial charge >= 0.3 is 11.9 Å². The van der Waals surface area contributed by atoms with Crippen LogP contribution in [0.2, 0.25) is 5.02 Å². The molecule has 0 unspecified atom stereocenters. The van der Waals surface area contributed by atoms with Gasteiger partial charge in [0.1, 0.15) is 5.70 Å². The van der Waals surface area contributed by atoms with E-state index in [4.69, 9.17) is 21.1 Å². The number of hydrogen-bond acceptors (Lipinski definition) is 7. The number of allylic oxidation sites excluding steroid dienone is 2. The van der Waals surface area contributed by atoms with E-state index in [2.05, 4.69) is 0 Å².